The lowest BCUT2D eigenvalue weighted by molar-refractivity contribution is -0.116. The number of rotatable bonds is 5. The topological polar surface area (TPSA) is 54.5 Å². The molecular weight excluding hydrogens is 254 g/mol. The van der Waals surface area contributed by atoms with Crippen LogP contribution in [0.25, 0.3) is 0 Å². The van der Waals surface area contributed by atoms with E-state index >= 15 is 0 Å². The van der Waals surface area contributed by atoms with Gasteiger partial charge < -0.3 is 0 Å². The molecule has 0 aliphatic carbocycles. The van der Waals surface area contributed by atoms with E-state index in [0.717, 1.165) is 0 Å². The van der Waals surface area contributed by atoms with E-state index in [1.807, 2.05) is 0 Å². The maximum Gasteiger partial charge on any atom is 0.261 e. The van der Waals surface area contributed by atoms with Gasteiger partial charge in [-0.1, -0.05) is 12.1 Å². The van der Waals surface area contributed by atoms with Gasteiger partial charge in [0.2, 0.25) is 0 Å². The largest absolute Gasteiger partial charge is 0.298 e. The summed E-state index contributed by atoms with van der Waals surface area (Å²) in [5, 5.41) is 0. The molecular formula is C13H12ClNO3. The zero-order valence-electron chi connectivity index (χ0n) is 9.69. The molecule has 0 aromatic heterocycles. The van der Waals surface area contributed by atoms with Gasteiger partial charge >= 0.3 is 0 Å². The summed E-state index contributed by atoms with van der Waals surface area (Å²) >= 11 is 5.38. The fourth-order valence-electron chi connectivity index (χ4n) is 1.94. The van der Waals surface area contributed by atoms with E-state index in [1.165, 1.54) is 4.90 Å². The molecule has 0 unspecified atom stereocenters. The van der Waals surface area contributed by atoms with Crippen LogP contribution in [0.15, 0.2) is 24.3 Å². The van der Waals surface area contributed by atoms with Crippen molar-refractivity contribution in [3.8, 4) is 0 Å². The molecule has 0 spiro atoms. The number of ketones is 1. The molecule has 1 aliphatic rings. The van der Waals surface area contributed by atoms with Crippen LogP contribution in [0.4, 0.5) is 0 Å². The molecule has 0 bridgehead atoms. The first-order chi connectivity index (χ1) is 8.65. The Balaban J connectivity index is 2.03. The smallest absolute Gasteiger partial charge is 0.261 e. The molecule has 1 aromatic carbocycles. The van der Waals surface area contributed by atoms with Crippen LogP contribution in [0.1, 0.15) is 33.6 Å². The number of hydrogen-bond donors (Lipinski definition) is 0. The molecule has 1 aromatic rings. The summed E-state index contributed by atoms with van der Waals surface area (Å²) in [4.78, 5) is 36.1. The highest BCUT2D eigenvalue weighted by atomic mass is 35.5. The quantitative estimate of drug-likeness (QED) is 0.603. The first kappa shape index (κ1) is 12.8. The van der Waals surface area contributed by atoms with Gasteiger partial charge in [-0.2, -0.15) is 0 Å². The molecule has 18 heavy (non-hydrogen) atoms. The van der Waals surface area contributed by atoms with Crippen LogP contribution in [0, 0.1) is 0 Å². The van der Waals surface area contributed by atoms with Crippen LogP contribution in [0.2, 0.25) is 0 Å². The van der Waals surface area contributed by atoms with Gasteiger partial charge in [-0.3, -0.25) is 19.3 Å². The molecule has 0 radical (unpaired) electrons. The number of Topliss-reactive ketones (excluding diaryl/α,β-unsaturated/α-hetero) is 1. The van der Waals surface area contributed by atoms with Crippen molar-refractivity contribution in [1.29, 1.82) is 0 Å². The van der Waals surface area contributed by atoms with Crippen molar-refractivity contribution in [1.82, 2.24) is 4.90 Å². The van der Waals surface area contributed by atoms with Crippen molar-refractivity contribution in [2.45, 2.75) is 12.8 Å². The molecule has 94 valence electrons. The number of imide groups is 1. The minimum Gasteiger partial charge on any atom is -0.298 e. The fourth-order valence-corrected chi connectivity index (χ4v) is 2.08. The van der Waals surface area contributed by atoms with Gasteiger partial charge in [0.05, 0.1) is 17.0 Å². The highest BCUT2D eigenvalue weighted by Gasteiger charge is 2.34. The number of carbonyl (C=O) groups excluding carboxylic acids is 3. The van der Waals surface area contributed by atoms with E-state index in [9.17, 15) is 14.4 Å². The Labute approximate surface area is 110 Å². The molecule has 0 fully saturated rings. The van der Waals surface area contributed by atoms with Crippen molar-refractivity contribution in [3.05, 3.63) is 35.4 Å². The number of benzene rings is 1. The average Bonchev–Trinajstić information content (AvgIpc) is 2.64. The van der Waals surface area contributed by atoms with E-state index in [2.05, 4.69) is 0 Å². The first-order valence-corrected chi connectivity index (χ1v) is 6.21. The van der Waals surface area contributed by atoms with Gasteiger partial charge in [-0.25, -0.2) is 0 Å². The number of fused-ring (bicyclic) bond motifs is 1. The van der Waals surface area contributed by atoms with Crippen molar-refractivity contribution >= 4 is 29.2 Å². The number of hydrogen-bond acceptors (Lipinski definition) is 3. The Morgan fingerprint density at radius 3 is 2.17 bits per heavy atom. The van der Waals surface area contributed by atoms with Crippen LogP contribution in [0.3, 0.4) is 0 Å². The highest BCUT2D eigenvalue weighted by molar-refractivity contribution is 6.27. The summed E-state index contributed by atoms with van der Waals surface area (Å²) in [6, 6.07) is 6.73. The fraction of sp³-hybridized carbons (Fsp3) is 0.308. The van der Waals surface area contributed by atoms with Crippen LogP contribution in [-0.4, -0.2) is 34.9 Å². The Morgan fingerprint density at radius 2 is 1.67 bits per heavy atom. The van der Waals surface area contributed by atoms with Crippen molar-refractivity contribution in [2.24, 2.45) is 0 Å². The summed E-state index contributed by atoms with van der Waals surface area (Å²) in [6.07, 6.45) is 0.744. The summed E-state index contributed by atoms with van der Waals surface area (Å²) in [5.74, 6) is -0.668. The minimum atomic E-state index is -0.283. The van der Waals surface area contributed by atoms with Gasteiger partial charge in [0.1, 0.15) is 5.78 Å². The molecule has 0 atom stereocenters. The number of amides is 2. The van der Waals surface area contributed by atoms with Gasteiger partial charge in [-0.05, 0) is 18.6 Å². The number of alkyl halides is 1. The standard InChI is InChI=1S/C13H12ClNO3/c14-8-9(16)4-3-7-15-12(17)10-5-1-2-6-11(10)13(15)18/h1-2,5-6H,3-4,7-8H2. The van der Waals surface area contributed by atoms with Gasteiger partial charge in [0.25, 0.3) is 11.8 Å². The Hall–Kier alpha value is -1.68. The molecule has 0 N–H and O–H groups in total. The van der Waals surface area contributed by atoms with Gasteiger partial charge in [-0.15, -0.1) is 11.6 Å². The third kappa shape index (κ3) is 2.29. The van der Waals surface area contributed by atoms with Crippen LogP contribution >= 0.6 is 11.6 Å². The van der Waals surface area contributed by atoms with Crippen LogP contribution in [0.5, 0.6) is 0 Å². The maximum absolute atomic E-state index is 11.9. The van der Waals surface area contributed by atoms with E-state index in [0.29, 0.717) is 17.5 Å². The SMILES string of the molecule is O=C(CCl)CCCN1C(=O)c2ccccc2C1=O. The van der Waals surface area contributed by atoms with Crippen molar-refractivity contribution in [2.75, 3.05) is 12.4 Å². The second-order valence-electron chi connectivity index (χ2n) is 4.08. The third-order valence-electron chi connectivity index (χ3n) is 2.86. The Bertz CT molecular complexity index is 478. The number of halogens is 1. The normalized spacial score (nSPS) is 13.9. The Morgan fingerprint density at radius 1 is 1.11 bits per heavy atom. The molecule has 5 heteroatoms. The highest BCUT2D eigenvalue weighted by Crippen LogP contribution is 2.22. The zero-order chi connectivity index (χ0) is 13.1. The average molecular weight is 266 g/mol. The molecule has 2 amide bonds. The molecule has 0 saturated heterocycles. The van der Waals surface area contributed by atoms with Crippen molar-refractivity contribution in [3.63, 3.8) is 0 Å². The zero-order valence-corrected chi connectivity index (χ0v) is 10.4. The lowest BCUT2D eigenvalue weighted by Gasteiger charge is -2.12. The van der Waals surface area contributed by atoms with Crippen LogP contribution < -0.4 is 0 Å². The number of nitrogens with zero attached hydrogens (tertiary/aromatic N) is 1. The molecule has 4 nitrogen and oxygen atoms in total. The predicted octanol–water partition coefficient (Wildman–Crippen LogP) is 1.87. The molecule has 1 heterocycles. The minimum absolute atomic E-state index is 0.0257. The summed E-state index contributed by atoms with van der Waals surface area (Å²) in [6.45, 7) is 0.259. The van der Waals surface area contributed by atoms with Crippen LogP contribution in [-0.2, 0) is 4.79 Å². The third-order valence-corrected chi connectivity index (χ3v) is 3.16. The summed E-state index contributed by atoms with van der Waals surface area (Å²) in [7, 11) is 0. The Kier molecular flexibility index (Phi) is 3.77. The monoisotopic (exact) mass is 265 g/mol. The molecule has 1 aliphatic heterocycles. The lowest BCUT2D eigenvalue weighted by Crippen LogP contribution is -2.31. The van der Waals surface area contributed by atoms with E-state index in [1.54, 1.807) is 24.3 Å². The maximum atomic E-state index is 11.9. The van der Waals surface area contributed by atoms with E-state index in [-0.39, 0.29) is 36.4 Å². The van der Waals surface area contributed by atoms with Gasteiger partial charge in [0.15, 0.2) is 0 Å². The van der Waals surface area contributed by atoms with Gasteiger partial charge in [0, 0.05) is 13.0 Å². The van der Waals surface area contributed by atoms with E-state index in [4.69, 9.17) is 11.6 Å². The first-order valence-electron chi connectivity index (χ1n) is 5.68. The molecule has 0 saturated carbocycles. The van der Waals surface area contributed by atoms with E-state index < -0.39 is 0 Å². The summed E-state index contributed by atoms with van der Waals surface area (Å²) < 4.78 is 0. The lowest BCUT2D eigenvalue weighted by atomic mass is 10.1. The molecule has 2 rings (SSSR count). The predicted molar refractivity (Wildman–Crippen MR) is 66.8 cm³/mol. The summed E-state index contributed by atoms with van der Waals surface area (Å²) in [5.41, 5.74) is 0.873. The number of carbonyl (C=O) groups is 3. The van der Waals surface area contributed by atoms with Crippen molar-refractivity contribution < 1.29 is 14.4 Å². The second kappa shape index (κ2) is 5.31. The second-order valence-corrected chi connectivity index (χ2v) is 4.35.